The molecule has 27 heavy (non-hydrogen) atoms. The van der Waals surface area contributed by atoms with E-state index in [9.17, 15) is 14.7 Å². The first-order valence-electron chi connectivity index (χ1n) is 8.48. The third kappa shape index (κ3) is 2.71. The van der Waals surface area contributed by atoms with Crippen molar-refractivity contribution in [2.75, 3.05) is 0 Å². The van der Waals surface area contributed by atoms with Crippen LogP contribution in [0.5, 0.6) is 0 Å². The van der Waals surface area contributed by atoms with Crippen molar-refractivity contribution in [3.63, 3.8) is 0 Å². The SMILES string of the molecule is Cc1c(-c2cccc(C(=O)O)c2)[nH]c2c(C)c(-c3ccccc3)nn2c1=O. The van der Waals surface area contributed by atoms with Crippen LogP contribution in [0.3, 0.4) is 0 Å². The molecule has 4 aromatic rings. The van der Waals surface area contributed by atoms with Gasteiger partial charge in [-0.15, -0.1) is 0 Å². The van der Waals surface area contributed by atoms with Crippen LogP contribution in [-0.2, 0) is 0 Å². The van der Waals surface area contributed by atoms with Gasteiger partial charge in [0.2, 0.25) is 0 Å². The van der Waals surface area contributed by atoms with Gasteiger partial charge in [-0.1, -0.05) is 42.5 Å². The number of aromatic amines is 1. The summed E-state index contributed by atoms with van der Waals surface area (Å²) in [6.07, 6.45) is 0. The number of rotatable bonds is 3. The molecule has 4 rings (SSSR count). The van der Waals surface area contributed by atoms with Crippen LogP contribution in [0.15, 0.2) is 59.4 Å². The highest BCUT2D eigenvalue weighted by Crippen LogP contribution is 2.26. The van der Waals surface area contributed by atoms with Gasteiger partial charge in [-0.3, -0.25) is 4.79 Å². The van der Waals surface area contributed by atoms with Gasteiger partial charge in [0.15, 0.2) is 0 Å². The van der Waals surface area contributed by atoms with Gasteiger partial charge >= 0.3 is 5.97 Å². The number of aromatic carboxylic acids is 1. The van der Waals surface area contributed by atoms with Crippen LogP contribution >= 0.6 is 0 Å². The molecule has 6 heteroatoms. The zero-order chi connectivity index (χ0) is 19.1. The Morgan fingerprint density at radius 2 is 1.70 bits per heavy atom. The highest BCUT2D eigenvalue weighted by atomic mass is 16.4. The van der Waals surface area contributed by atoms with Crippen LogP contribution in [0.1, 0.15) is 21.5 Å². The molecule has 0 unspecified atom stereocenters. The Labute approximate surface area is 154 Å². The van der Waals surface area contributed by atoms with Crippen LogP contribution in [0.4, 0.5) is 0 Å². The molecule has 0 aliphatic heterocycles. The van der Waals surface area contributed by atoms with Crippen LogP contribution in [-0.4, -0.2) is 25.7 Å². The molecule has 6 nitrogen and oxygen atoms in total. The van der Waals surface area contributed by atoms with Crippen LogP contribution < -0.4 is 5.56 Å². The van der Waals surface area contributed by atoms with Gasteiger partial charge in [-0.25, -0.2) is 4.79 Å². The maximum atomic E-state index is 12.9. The number of benzene rings is 2. The van der Waals surface area contributed by atoms with E-state index in [2.05, 4.69) is 10.1 Å². The van der Waals surface area contributed by atoms with Gasteiger partial charge in [-0.05, 0) is 31.5 Å². The fourth-order valence-corrected chi connectivity index (χ4v) is 3.23. The summed E-state index contributed by atoms with van der Waals surface area (Å²) in [4.78, 5) is 27.5. The summed E-state index contributed by atoms with van der Waals surface area (Å²) in [5.74, 6) is -1.01. The summed E-state index contributed by atoms with van der Waals surface area (Å²) in [5, 5.41) is 13.7. The Kier molecular flexibility index (Phi) is 3.88. The number of carboxylic acid groups (broad SMARTS) is 1. The van der Waals surface area contributed by atoms with E-state index in [0.717, 1.165) is 16.8 Å². The van der Waals surface area contributed by atoms with E-state index in [-0.39, 0.29) is 11.1 Å². The standard InChI is InChI=1S/C21H17N3O3/c1-12-18(14-7-4-3-5-8-14)23-24-19(12)22-17(13(2)20(24)25)15-9-6-10-16(11-15)21(26)27/h3-11,22H,1-2H3,(H,26,27). The average molecular weight is 359 g/mol. The van der Waals surface area contributed by atoms with E-state index in [1.165, 1.54) is 10.6 Å². The quantitative estimate of drug-likeness (QED) is 0.584. The van der Waals surface area contributed by atoms with Gasteiger partial charge in [0.1, 0.15) is 5.65 Å². The van der Waals surface area contributed by atoms with Crippen molar-refractivity contribution in [1.29, 1.82) is 0 Å². The minimum Gasteiger partial charge on any atom is -0.478 e. The van der Waals surface area contributed by atoms with Crippen molar-refractivity contribution in [1.82, 2.24) is 14.6 Å². The second kappa shape index (κ2) is 6.25. The molecule has 2 aromatic carbocycles. The van der Waals surface area contributed by atoms with Gasteiger partial charge in [0.05, 0.1) is 17.0 Å². The fourth-order valence-electron chi connectivity index (χ4n) is 3.23. The predicted molar refractivity (Wildman–Crippen MR) is 103 cm³/mol. The van der Waals surface area contributed by atoms with E-state index < -0.39 is 5.97 Å². The molecule has 2 heterocycles. The predicted octanol–water partition coefficient (Wildman–Crippen LogP) is 3.67. The molecule has 0 atom stereocenters. The van der Waals surface area contributed by atoms with Gasteiger partial charge in [0, 0.05) is 16.7 Å². The maximum Gasteiger partial charge on any atom is 0.335 e. The molecular weight excluding hydrogens is 342 g/mol. The minimum absolute atomic E-state index is 0.169. The number of fused-ring (bicyclic) bond motifs is 1. The van der Waals surface area contributed by atoms with Crippen molar-refractivity contribution < 1.29 is 9.90 Å². The number of hydrogen-bond acceptors (Lipinski definition) is 3. The Hall–Kier alpha value is -3.67. The molecular formula is C21H17N3O3. The van der Waals surface area contributed by atoms with E-state index in [0.29, 0.717) is 22.5 Å². The van der Waals surface area contributed by atoms with E-state index in [1.807, 2.05) is 37.3 Å². The van der Waals surface area contributed by atoms with Gasteiger partial charge in [0.25, 0.3) is 5.56 Å². The number of carbonyl (C=O) groups is 1. The Bertz CT molecular complexity index is 1240. The molecule has 2 aromatic heterocycles. The van der Waals surface area contributed by atoms with Crippen molar-refractivity contribution in [2.45, 2.75) is 13.8 Å². The maximum absolute atomic E-state index is 12.9. The second-order valence-electron chi connectivity index (χ2n) is 6.42. The molecule has 0 aliphatic rings. The topological polar surface area (TPSA) is 87.5 Å². The Morgan fingerprint density at radius 1 is 1.00 bits per heavy atom. The van der Waals surface area contributed by atoms with Crippen LogP contribution in [0, 0.1) is 13.8 Å². The number of H-pyrrole nitrogens is 1. The molecule has 0 fully saturated rings. The molecule has 2 N–H and O–H groups in total. The number of aromatic nitrogens is 3. The van der Waals surface area contributed by atoms with Crippen LogP contribution in [0.2, 0.25) is 0 Å². The fraction of sp³-hybridized carbons (Fsp3) is 0.0952. The van der Waals surface area contributed by atoms with Crippen molar-refractivity contribution in [3.8, 4) is 22.5 Å². The molecule has 134 valence electrons. The molecule has 0 saturated carbocycles. The lowest BCUT2D eigenvalue weighted by atomic mass is 10.0. The summed E-state index contributed by atoms with van der Waals surface area (Å²) < 4.78 is 1.37. The van der Waals surface area contributed by atoms with Gasteiger partial charge in [-0.2, -0.15) is 9.61 Å². The Morgan fingerprint density at radius 3 is 2.41 bits per heavy atom. The summed E-state index contributed by atoms with van der Waals surface area (Å²) >= 11 is 0. The summed E-state index contributed by atoms with van der Waals surface area (Å²) in [6, 6.07) is 16.2. The van der Waals surface area contributed by atoms with E-state index >= 15 is 0 Å². The number of hydrogen-bond donors (Lipinski definition) is 2. The first-order valence-corrected chi connectivity index (χ1v) is 8.48. The normalized spacial score (nSPS) is 11.0. The third-order valence-electron chi connectivity index (χ3n) is 4.70. The molecule has 0 radical (unpaired) electrons. The van der Waals surface area contributed by atoms with Crippen molar-refractivity contribution >= 4 is 11.6 Å². The number of carboxylic acids is 1. The van der Waals surface area contributed by atoms with Crippen molar-refractivity contribution in [3.05, 3.63) is 81.6 Å². The zero-order valence-corrected chi connectivity index (χ0v) is 14.9. The first-order chi connectivity index (χ1) is 13.0. The van der Waals surface area contributed by atoms with Crippen LogP contribution in [0.25, 0.3) is 28.2 Å². The number of aryl methyl sites for hydroxylation is 1. The molecule has 0 bridgehead atoms. The third-order valence-corrected chi connectivity index (χ3v) is 4.70. The minimum atomic E-state index is -1.01. The lowest BCUT2D eigenvalue weighted by Gasteiger charge is -2.08. The smallest absolute Gasteiger partial charge is 0.335 e. The van der Waals surface area contributed by atoms with Crippen molar-refractivity contribution in [2.24, 2.45) is 0 Å². The zero-order valence-electron chi connectivity index (χ0n) is 14.9. The first kappa shape index (κ1) is 16.8. The summed E-state index contributed by atoms with van der Waals surface area (Å²) in [6.45, 7) is 3.62. The summed E-state index contributed by atoms with van der Waals surface area (Å²) in [5.41, 5.74) is 4.78. The van der Waals surface area contributed by atoms with E-state index in [1.54, 1.807) is 25.1 Å². The van der Waals surface area contributed by atoms with E-state index in [4.69, 9.17) is 0 Å². The van der Waals surface area contributed by atoms with Gasteiger partial charge < -0.3 is 10.1 Å². The highest BCUT2D eigenvalue weighted by molar-refractivity contribution is 5.89. The monoisotopic (exact) mass is 359 g/mol. The molecule has 0 spiro atoms. The number of nitrogens with zero attached hydrogens (tertiary/aromatic N) is 2. The summed E-state index contributed by atoms with van der Waals surface area (Å²) in [7, 11) is 0. The second-order valence-corrected chi connectivity index (χ2v) is 6.42. The number of nitrogens with one attached hydrogen (secondary N) is 1. The average Bonchev–Trinajstić information content (AvgIpc) is 3.02. The lowest BCUT2D eigenvalue weighted by Crippen LogP contribution is -2.19. The largest absolute Gasteiger partial charge is 0.478 e. The highest BCUT2D eigenvalue weighted by Gasteiger charge is 2.17. The molecule has 0 amide bonds. The molecule has 0 saturated heterocycles. The Balaban J connectivity index is 1.98. The molecule has 0 aliphatic carbocycles. The lowest BCUT2D eigenvalue weighted by molar-refractivity contribution is 0.0697.